The summed E-state index contributed by atoms with van der Waals surface area (Å²) in [6, 6.07) is 7.17. The highest BCUT2D eigenvalue weighted by molar-refractivity contribution is 6.30. The second kappa shape index (κ2) is 4.15. The van der Waals surface area contributed by atoms with Crippen molar-refractivity contribution < 1.29 is 9.59 Å². The summed E-state index contributed by atoms with van der Waals surface area (Å²) in [5.41, 5.74) is 0.345. The molecule has 1 aliphatic heterocycles. The number of halogens is 1. The van der Waals surface area contributed by atoms with Crippen LogP contribution in [0.3, 0.4) is 0 Å². The van der Waals surface area contributed by atoms with Crippen LogP contribution < -0.4 is 0 Å². The van der Waals surface area contributed by atoms with Gasteiger partial charge in [0.1, 0.15) is 0 Å². The number of hydrogen-bond acceptors (Lipinski definition) is 2. The topological polar surface area (TPSA) is 37.4 Å². The standard InChI is InChI=1S/C13H14ClNO2/c1-13(2)7-11(16)15(12(13)17)8-9-3-5-10(14)6-4-9/h3-6H,7-8H2,1-2H3. The summed E-state index contributed by atoms with van der Waals surface area (Å²) in [5, 5.41) is 0.646. The predicted molar refractivity (Wildman–Crippen MR) is 65.4 cm³/mol. The van der Waals surface area contributed by atoms with E-state index in [0.717, 1.165) is 5.56 Å². The van der Waals surface area contributed by atoms with Crippen molar-refractivity contribution in [3.8, 4) is 0 Å². The monoisotopic (exact) mass is 251 g/mol. The van der Waals surface area contributed by atoms with Crippen LogP contribution in [0.4, 0.5) is 0 Å². The number of carbonyl (C=O) groups is 2. The van der Waals surface area contributed by atoms with Gasteiger partial charge in [0.05, 0.1) is 12.0 Å². The Hall–Kier alpha value is -1.35. The highest BCUT2D eigenvalue weighted by atomic mass is 35.5. The van der Waals surface area contributed by atoms with E-state index in [4.69, 9.17) is 11.6 Å². The van der Waals surface area contributed by atoms with E-state index in [1.54, 1.807) is 26.0 Å². The minimum atomic E-state index is -0.566. The van der Waals surface area contributed by atoms with E-state index in [0.29, 0.717) is 18.0 Å². The maximum atomic E-state index is 12.0. The third kappa shape index (κ3) is 2.34. The molecule has 0 bridgehead atoms. The van der Waals surface area contributed by atoms with Crippen molar-refractivity contribution in [2.45, 2.75) is 26.8 Å². The van der Waals surface area contributed by atoms with Gasteiger partial charge in [0.25, 0.3) is 0 Å². The molecule has 4 heteroatoms. The van der Waals surface area contributed by atoms with Crippen LogP contribution in [-0.4, -0.2) is 16.7 Å². The smallest absolute Gasteiger partial charge is 0.235 e. The molecule has 3 nitrogen and oxygen atoms in total. The molecule has 1 aliphatic rings. The van der Waals surface area contributed by atoms with Crippen molar-refractivity contribution in [2.24, 2.45) is 5.41 Å². The second-order valence-electron chi connectivity index (χ2n) is 4.97. The Morgan fingerprint density at radius 1 is 1.24 bits per heavy atom. The number of amides is 2. The van der Waals surface area contributed by atoms with Gasteiger partial charge in [0.15, 0.2) is 0 Å². The van der Waals surface area contributed by atoms with Crippen molar-refractivity contribution in [3.63, 3.8) is 0 Å². The maximum Gasteiger partial charge on any atom is 0.235 e. The molecule has 1 heterocycles. The Balaban J connectivity index is 2.17. The van der Waals surface area contributed by atoms with Gasteiger partial charge in [-0.15, -0.1) is 0 Å². The lowest BCUT2D eigenvalue weighted by molar-refractivity contribution is -0.141. The summed E-state index contributed by atoms with van der Waals surface area (Å²) in [5.74, 6) is -0.201. The van der Waals surface area contributed by atoms with E-state index in [2.05, 4.69) is 0 Å². The van der Waals surface area contributed by atoms with Gasteiger partial charge >= 0.3 is 0 Å². The Morgan fingerprint density at radius 2 is 1.82 bits per heavy atom. The zero-order valence-electron chi connectivity index (χ0n) is 9.87. The molecular weight excluding hydrogens is 238 g/mol. The first-order valence-electron chi connectivity index (χ1n) is 5.49. The van der Waals surface area contributed by atoms with Crippen molar-refractivity contribution >= 4 is 23.4 Å². The molecule has 90 valence electrons. The van der Waals surface area contributed by atoms with Crippen LogP contribution in [0.15, 0.2) is 24.3 Å². The molecule has 1 aromatic carbocycles. The van der Waals surface area contributed by atoms with Crippen LogP contribution >= 0.6 is 11.6 Å². The minimum Gasteiger partial charge on any atom is -0.278 e. The largest absolute Gasteiger partial charge is 0.278 e. The van der Waals surface area contributed by atoms with Gasteiger partial charge in [-0.1, -0.05) is 37.6 Å². The third-order valence-electron chi connectivity index (χ3n) is 2.97. The molecule has 17 heavy (non-hydrogen) atoms. The molecule has 0 atom stereocenters. The molecule has 0 unspecified atom stereocenters. The highest BCUT2D eigenvalue weighted by Gasteiger charge is 2.44. The van der Waals surface area contributed by atoms with Crippen LogP contribution in [0.25, 0.3) is 0 Å². The molecule has 1 fully saturated rings. The maximum absolute atomic E-state index is 12.0. The fourth-order valence-electron chi connectivity index (χ4n) is 1.96. The average molecular weight is 252 g/mol. The number of carbonyl (C=O) groups excluding carboxylic acids is 2. The predicted octanol–water partition coefficient (Wildman–Crippen LogP) is 2.63. The molecule has 1 saturated heterocycles. The van der Waals surface area contributed by atoms with Crippen LogP contribution in [0.5, 0.6) is 0 Å². The number of nitrogens with zero attached hydrogens (tertiary/aromatic N) is 1. The lowest BCUT2D eigenvalue weighted by Crippen LogP contribution is -2.32. The molecule has 0 spiro atoms. The number of likely N-dealkylation sites (tertiary alicyclic amines) is 1. The summed E-state index contributed by atoms with van der Waals surface area (Å²) in [4.78, 5) is 25.1. The van der Waals surface area contributed by atoms with Gasteiger partial charge in [-0.3, -0.25) is 14.5 Å². The number of imide groups is 1. The van der Waals surface area contributed by atoms with Crippen LogP contribution in [0.1, 0.15) is 25.8 Å². The first kappa shape index (κ1) is 12.1. The molecular formula is C13H14ClNO2. The Labute approximate surface area is 105 Å². The lowest BCUT2D eigenvalue weighted by atomic mass is 9.92. The van der Waals surface area contributed by atoms with Gasteiger partial charge in [0, 0.05) is 11.4 Å². The van der Waals surface area contributed by atoms with Crippen LogP contribution in [0.2, 0.25) is 5.02 Å². The first-order chi connectivity index (χ1) is 7.90. The van der Waals surface area contributed by atoms with Crippen molar-refractivity contribution in [1.82, 2.24) is 4.90 Å². The fourth-order valence-corrected chi connectivity index (χ4v) is 2.09. The van der Waals surface area contributed by atoms with Gasteiger partial charge in [-0.25, -0.2) is 0 Å². The second-order valence-corrected chi connectivity index (χ2v) is 5.41. The summed E-state index contributed by atoms with van der Waals surface area (Å²) in [6.07, 6.45) is 0.291. The Bertz CT molecular complexity index is 465. The van der Waals surface area contributed by atoms with E-state index in [9.17, 15) is 9.59 Å². The summed E-state index contributed by atoms with van der Waals surface area (Å²) in [6.45, 7) is 3.93. The molecule has 2 rings (SSSR count). The highest BCUT2D eigenvalue weighted by Crippen LogP contribution is 2.32. The summed E-state index contributed by atoms with van der Waals surface area (Å²) < 4.78 is 0. The van der Waals surface area contributed by atoms with E-state index >= 15 is 0 Å². The number of benzene rings is 1. The molecule has 0 saturated carbocycles. The van der Waals surface area contributed by atoms with Crippen molar-refractivity contribution in [2.75, 3.05) is 0 Å². The van der Waals surface area contributed by atoms with Crippen molar-refractivity contribution in [3.05, 3.63) is 34.9 Å². The van der Waals surface area contributed by atoms with E-state index in [1.165, 1.54) is 4.90 Å². The molecule has 0 aromatic heterocycles. The van der Waals surface area contributed by atoms with E-state index in [1.807, 2.05) is 12.1 Å². The van der Waals surface area contributed by atoms with Gasteiger partial charge in [-0.2, -0.15) is 0 Å². The van der Waals surface area contributed by atoms with Gasteiger partial charge in [0.2, 0.25) is 11.8 Å². The van der Waals surface area contributed by atoms with Crippen LogP contribution in [0, 0.1) is 5.41 Å². The Kier molecular flexibility index (Phi) is 2.96. The Morgan fingerprint density at radius 3 is 2.29 bits per heavy atom. The van der Waals surface area contributed by atoms with E-state index in [-0.39, 0.29) is 11.8 Å². The molecule has 1 aromatic rings. The van der Waals surface area contributed by atoms with Crippen LogP contribution in [-0.2, 0) is 16.1 Å². The minimum absolute atomic E-state index is 0.0996. The average Bonchev–Trinajstić information content (AvgIpc) is 2.44. The van der Waals surface area contributed by atoms with E-state index < -0.39 is 5.41 Å². The molecule has 0 N–H and O–H groups in total. The summed E-state index contributed by atoms with van der Waals surface area (Å²) >= 11 is 5.78. The number of rotatable bonds is 2. The third-order valence-corrected chi connectivity index (χ3v) is 3.22. The first-order valence-corrected chi connectivity index (χ1v) is 5.87. The molecule has 0 aliphatic carbocycles. The van der Waals surface area contributed by atoms with Crippen molar-refractivity contribution in [1.29, 1.82) is 0 Å². The number of hydrogen-bond donors (Lipinski definition) is 0. The quantitative estimate of drug-likeness (QED) is 0.758. The summed E-state index contributed by atoms with van der Waals surface area (Å²) in [7, 11) is 0. The fraction of sp³-hybridized carbons (Fsp3) is 0.385. The van der Waals surface area contributed by atoms with Gasteiger partial charge < -0.3 is 0 Å². The molecule has 2 amide bonds. The zero-order valence-corrected chi connectivity index (χ0v) is 10.6. The molecule has 0 radical (unpaired) electrons. The SMILES string of the molecule is CC1(C)CC(=O)N(Cc2ccc(Cl)cc2)C1=O. The van der Waals surface area contributed by atoms with Gasteiger partial charge in [-0.05, 0) is 17.7 Å². The normalized spacial score (nSPS) is 18.9. The lowest BCUT2D eigenvalue weighted by Gasteiger charge is -2.17. The zero-order chi connectivity index (χ0) is 12.6.